The van der Waals surface area contributed by atoms with E-state index in [-0.39, 0.29) is 12.5 Å². The number of amides is 1. The van der Waals surface area contributed by atoms with Crippen molar-refractivity contribution in [2.24, 2.45) is 0 Å². The zero-order chi connectivity index (χ0) is 25.3. The fourth-order valence-corrected chi connectivity index (χ4v) is 4.23. The molecule has 1 aliphatic rings. The second-order valence-corrected chi connectivity index (χ2v) is 8.93. The van der Waals surface area contributed by atoms with Crippen LogP contribution in [0, 0.1) is 0 Å². The molecule has 1 fully saturated rings. The monoisotopic (exact) mass is 510 g/mol. The van der Waals surface area contributed by atoms with Crippen molar-refractivity contribution in [3.63, 3.8) is 0 Å². The molecule has 1 amide bonds. The standard InChI is InChI=1S/C27H31ClN4O4/c1-34-24-8-4-20(25(16-24)35-2)18-31-12-3-13-32(15-14-31)26-11-7-22(17-29-26)30-27(33)19-36-23-9-5-21(28)6-10-23/h4-11,16-17H,3,12-15,18-19H2,1-2H3,(H,30,33). The highest BCUT2D eigenvalue weighted by molar-refractivity contribution is 6.30. The number of rotatable bonds is 9. The van der Waals surface area contributed by atoms with Gasteiger partial charge < -0.3 is 24.4 Å². The van der Waals surface area contributed by atoms with Crippen molar-refractivity contribution in [2.45, 2.75) is 13.0 Å². The van der Waals surface area contributed by atoms with E-state index in [4.69, 9.17) is 25.8 Å². The van der Waals surface area contributed by atoms with Crippen molar-refractivity contribution in [3.8, 4) is 17.2 Å². The third-order valence-corrected chi connectivity index (χ3v) is 6.27. The van der Waals surface area contributed by atoms with Crippen LogP contribution in [0.25, 0.3) is 0 Å². The smallest absolute Gasteiger partial charge is 0.262 e. The molecule has 8 nitrogen and oxygen atoms in total. The number of benzene rings is 2. The van der Waals surface area contributed by atoms with Crippen LogP contribution < -0.4 is 24.4 Å². The maximum atomic E-state index is 12.2. The Labute approximate surface area is 216 Å². The Morgan fingerprint density at radius 1 is 0.972 bits per heavy atom. The van der Waals surface area contributed by atoms with Gasteiger partial charge in [0.05, 0.1) is 26.1 Å². The molecule has 0 atom stereocenters. The van der Waals surface area contributed by atoms with Gasteiger partial charge in [-0.3, -0.25) is 9.69 Å². The number of carbonyl (C=O) groups is 1. The molecule has 36 heavy (non-hydrogen) atoms. The van der Waals surface area contributed by atoms with E-state index in [1.54, 1.807) is 44.7 Å². The van der Waals surface area contributed by atoms with Crippen molar-refractivity contribution in [2.75, 3.05) is 57.2 Å². The van der Waals surface area contributed by atoms with Gasteiger partial charge in [-0.2, -0.15) is 0 Å². The molecule has 1 saturated heterocycles. The number of carbonyl (C=O) groups excluding carboxylic acids is 1. The van der Waals surface area contributed by atoms with E-state index < -0.39 is 0 Å². The highest BCUT2D eigenvalue weighted by atomic mass is 35.5. The summed E-state index contributed by atoms with van der Waals surface area (Å²) in [5.74, 6) is 2.86. The predicted octanol–water partition coefficient (Wildman–Crippen LogP) is 4.48. The van der Waals surface area contributed by atoms with E-state index in [0.29, 0.717) is 16.5 Å². The molecule has 0 radical (unpaired) electrons. The molecule has 1 aliphatic heterocycles. The molecule has 2 aromatic carbocycles. The topological polar surface area (TPSA) is 76.2 Å². The summed E-state index contributed by atoms with van der Waals surface area (Å²) < 4.78 is 16.4. The molecule has 1 N–H and O–H groups in total. The number of anilines is 2. The molecular weight excluding hydrogens is 480 g/mol. The van der Waals surface area contributed by atoms with Gasteiger partial charge in [0.2, 0.25) is 0 Å². The van der Waals surface area contributed by atoms with Gasteiger partial charge in [-0.05, 0) is 48.9 Å². The Morgan fingerprint density at radius 2 is 1.78 bits per heavy atom. The van der Waals surface area contributed by atoms with Crippen LogP contribution in [0.1, 0.15) is 12.0 Å². The summed E-state index contributed by atoms with van der Waals surface area (Å²) in [4.78, 5) is 21.5. The number of hydrogen-bond donors (Lipinski definition) is 1. The summed E-state index contributed by atoms with van der Waals surface area (Å²) in [5, 5.41) is 3.44. The van der Waals surface area contributed by atoms with Gasteiger partial charge in [0.25, 0.3) is 5.91 Å². The van der Waals surface area contributed by atoms with Gasteiger partial charge in [0, 0.05) is 49.4 Å². The van der Waals surface area contributed by atoms with Gasteiger partial charge in [0.15, 0.2) is 6.61 Å². The Morgan fingerprint density at radius 3 is 2.50 bits per heavy atom. The molecule has 4 rings (SSSR count). The minimum Gasteiger partial charge on any atom is -0.497 e. The summed E-state index contributed by atoms with van der Waals surface area (Å²) >= 11 is 5.86. The number of ether oxygens (including phenoxy) is 3. The number of nitrogens with one attached hydrogen (secondary N) is 1. The van der Waals surface area contributed by atoms with E-state index in [1.807, 2.05) is 24.3 Å². The minimum absolute atomic E-state index is 0.0929. The summed E-state index contributed by atoms with van der Waals surface area (Å²) in [6, 6.07) is 16.7. The first kappa shape index (κ1) is 25.6. The number of hydrogen-bond acceptors (Lipinski definition) is 7. The van der Waals surface area contributed by atoms with Crippen LogP contribution in [0.5, 0.6) is 17.2 Å². The first-order valence-corrected chi connectivity index (χ1v) is 12.2. The summed E-state index contributed by atoms with van der Waals surface area (Å²) in [6.07, 6.45) is 2.71. The number of halogens is 1. The second-order valence-electron chi connectivity index (χ2n) is 8.49. The largest absolute Gasteiger partial charge is 0.497 e. The third kappa shape index (κ3) is 7.02. The Bertz CT molecular complexity index is 1140. The lowest BCUT2D eigenvalue weighted by Crippen LogP contribution is -2.31. The van der Waals surface area contributed by atoms with Crippen molar-refractivity contribution in [1.82, 2.24) is 9.88 Å². The van der Waals surface area contributed by atoms with Crippen molar-refractivity contribution < 1.29 is 19.0 Å². The zero-order valence-corrected chi connectivity index (χ0v) is 21.3. The van der Waals surface area contributed by atoms with Crippen LogP contribution in [-0.2, 0) is 11.3 Å². The number of pyridine rings is 1. The number of nitrogens with zero attached hydrogens (tertiary/aromatic N) is 3. The van der Waals surface area contributed by atoms with Gasteiger partial charge >= 0.3 is 0 Å². The molecule has 3 aromatic rings. The Balaban J connectivity index is 1.27. The quantitative estimate of drug-likeness (QED) is 0.454. The summed E-state index contributed by atoms with van der Waals surface area (Å²) in [6.45, 7) is 4.42. The molecule has 190 valence electrons. The number of methoxy groups -OCH3 is 2. The van der Waals surface area contributed by atoms with Crippen LogP contribution in [0.2, 0.25) is 5.02 Å². The van der Waals surface area contributed by atoms with Crippen molar-refractivity contribution in [1.29, 1.82) is 0 Å². The average Bonchev–Trinajstić information content (AvgIpc) is 3.14. The second kappa shape index (κ2) is 12.5. The first-order valence-electron chi connectivity index (χ1n) is 11.9. The molecule has 2 heterocycles. The van der Waals surface area contributed by atoms with Crippen LogP contribution in [-0.4, -0.2) is 62.8 Å². The van der Waals surface area contributed by atoms with Crippen molar-refractivity contribution >= 4 is 29.0 Å². The molecule has 0 bridgehead atoms. The first-order chi connectivity index (χ1) is 17.5. The highest BCUT2D eigenvalue weighted by Gasteiger charge is 2.18. The molecule has 0 aliphatic carbocycles. The van der Waals surface area contributed by atoms with Gasteiger partial charge in [0.1, 0.15) is 23.1 Å². The molecule has 9 heteroatoms. The predicted molar refractivity (Wildman–Crippen MR) is 141 cm³/mol. The third-order valence-electron chi connectivity index (χ3n) is 6.02. The number of aromatic nitrogens is 1. The van der Waals surface area contributed by atoms with Crippen LogP contribution in [0.3, 0.4) is 0 Å². The Kier molecular flexibility index (Phi) is 8.86. The van der Waals surface area contributed by atoms with E-state index in [0.717, 1.165) is 62.0 Å². The average molecular weight is 511 g/mol. The molecule has 0 spiro atoms. The maximum absolute atomic E-state index is 12.2. The van der Waals surface area contributed by atoms with Crippen LogP contribution >= 0.6 is 11.6 Å². The SMILES string of the molecule is COc1ccc(CN2CCCN(c3ccc(NC(=O)COc4ccc(Cl)cc4)cn3)CC2)c(OC)c1. The normalized spacial score (nSPS) is 14.1. The van der Waals surface area contributed by atoms with Gasteiger partial charge in [-0.25, -0.2) is 4.98 Å². The Hall–Kier alpha value is -3.49. The highest BCUT2D eigenvalue weighted by Crippen LogP contribution is 2.26. The van der Waals surface area contributed by atoms with E-state index >= 15 is 0 Å². The molecule has 0 saturated carbocycles. The van der Waals surface area contributed by atoms with E-state index in [9.17, 15) is 4.79 Å². The lowest BCUT2D eigenvalue weighted by molar-refractivity contribution is -0.118. The minimum atomic E-state index is -0.251. The lowest BCUT2D eigenvalue weighted by atomic mass is 10.1. The zero-order valence-electron chi connectivity index (χ0n) is 20.6. The fourth-order valence-electron chi connectivity index (χ4n) is 4.11. The van der Waals surface area contributed by atoms with Gasteiger partial charge in [-0.1, -0.05) is 17.7 Å². The van der Waals surface area contributed by atoms with Crippen LogP contribution in [0.4, 0.5) is 11.5 Å². The van der Waals surface area contributed by atoms with Gasteiger partial charge in [-0.15, -0.1) is 0 Å². The maximum Gasteiger partial charge on any atom is 0.262 e. The molecule has 0 unspecified atom stereocenters. The molecule has 1 aromatic heterocycles. The van der Waals surface area contributed by atoms with Crippen LogP contribution in [0.15, 0.2) is 60.8 Å². The summed E-state index contributed by atoms with van der Waals surface area (Å²) in [5.41, 5.74) is 1.77. The van der Waals surface area contributed by atoms with E-state index in [1.165, 1.54) is 0 Å². The molecular formula is C27H31ClN4O4. The fraction of sp³-hybridized carbons (Fsp3) is 0.333. The van der Waals surface area contributed by atoms with E-state index in [2.05, 4.69) is 26.2 Å². The lowest BCUT2D eigenvalue weighted by Gasteiger charge is -2.23. The summed E-state index contributed by atoms with van der Waals surface area (Å²) in [7, 11) is 3.34. The van der Waals surface area contributed by atoms with Crippen molar-refractivity contribution in [3.05, 3.63) is 71.4 Å².